The van der Waals surface area contributed by atoms with E-state index in [1.807, 2.05) is 54.6 Å². The highest BCUT2D eigenvalue weighted by atomic mass is 16.5. The molecule has 0 radical (unpaired) electrons. The normalized spacial score (nSPS) is 13.4. The second-order valence-corrected chi connectivity index (χ2v) is 7.86. The Morgan fingerprint density at radius 3 is 2.30 bits per heavy atom. The van der Waals surface area contributed by atoms with Gasteiger partial charge in [-0.2, -0.15) is 0 Å². The number of rotatable bonds is 5. The predicted octanol–water partition coefficient (Wildman–Crippen LogP) is 4.33. The summed E-state index contributed by atoms with van der Waals surface area (Å²) in [7, 11) is 3.41. The largest absolute Gasteiger partial charge is 0.495 e. The maximum Gasteiger partial charge on any atom is 0.321 e. The summed E-state index contributed by atoms with van der Waals surface area (Å²) in [6.07, 6.45) is 0. The van der Waals surface area contributed by atoms with Crippen molar-refractivity contribution in [3.05, 3.63) is 84.4 Å². The molecule has 3 aromatic rings. The van der Waals surface area contributed by atoms with Gasteiger partial charge in [-0.25, -0.2) is 4.79 Å². The Balaban J connectivity index is 1.37. The minimum Gasteiger partial charge on any atom is -0.495 e. The number of hydrogen-bond acceptors (Lipinski definition) is 4. The number of carbonyl (C=O) groups is 2. The standard InChI is InChI=1S/C26H28N4O3/c1-28(22-11-4-3-5-12-22)25(31)20-9-8-10-21(19-20)27-26(32)30-17-15-29(16-18-30)23-13-6-7-14-24(23)33-2/h3-14,19H,15-18H2,1-2H3,(H,27,32). The first-order valence-corrected chi connectivity index (χ1v) is 10.9. The number of para-hydroxylation sites is 3. The van der Waals surface area contributed by atoms with Crippen LogP contribution in [0.2, 0.25) is 0 Å². The average molecular weight is 445 g/mol. The van der Waals surface area contributed by atoms with Crippen LogP contribution in [-0.4, -0.2) is 57.2 Å². The number of amides is 3. The average Bonchev–Trinajstić information content (AvgIpc) is 2.88. The molecule has 0 aromatic heterocycles. The number of ether oxygens (including phenoxy) is 1. The predicted molar refractivity (Wildman–Crippen MR) is 131 cm³/mol. The first-order valence-electron chi connectivity index (χ1n) is 10.9. The topological polar surface area (TPSA) is 65.1 Å². The lowest BCUT2D eigenvalue weighted by Gasteiger charge is -2.36. The Bertz CT molecular complexity index is 1110. The fraction of sp³-hybridized carbons (Fsp3) is 0.231. The molecule has 0 saturated carbocycles. The molecule has 1 fully saturated rings. The van der Waals surface area contributed by atoms with Crippen LogP contribution >= 0.6 is 0 Å². The van der Waals surface area contributed by atoms with E-state index in [1.165, 1.54) is 0 Å². The van der Waals surface area contributed by atoms with Gasteiger partial charge in [-0.05, 0) is 42.5 Å². The highest BCUT2D eigenvalue weighted by Crippen LogP contribution is 2.28. The van der Waals surface area contributed by atoms with E-state index in [-0.39, 0.29) is 11.9 Å². The molecule has 3 aromatic carbocycles. The molecule has 1 heterocycles. The molecule has 1 saturated heterocycles. The summed E-state index contributed by atoms with van der Waals surface area (Å²) in [5.74, 6) is 0.695. The van der Waals surface area contributed by atoms with E-state index in [9.17, 15) is 9.59 Å². The van der Waals surface area contributed by atoms with Crippen molar-refractivity contribution in [3.63, 3.8) is 0 Å². The van der Waals surface area contributed by atoms with Gasteiger partial charge >= 0.3 is 6.03 Å². The molecule has 1 aliphatic rings. The Morgan fingerprint density at radius 2 is 1.58 bits per heavy atom. The van der Waals surface area contributed by atoms with E-state index in [1.54, 1.807) is 48.2 Å². The molecular formula is C26H28N4O3. The van der Waals surface area contributed by atoms with Crippen molar-refractivity contribution < 1.29 is 14.3 Å². The van der Waals surface area contributed by atoms with Gasteiger partial charge in [0.2, 0.25) is 0 Å². The summed E-state index contributed by atoms with van der Waals surface area (Å²) >= 11 is 0. The summed E-state index contributed by atoms with van der Waals surface area (Å²) in [5.41, 5.74) is 2.96. The van der Waals surface area contributed by atoms with Crippen LogP contribution in [0.25, 0.3) is 0 Å². The second-order valence-electron chi connectivity index (χ2n) is 7.86. The number of carbonyl (C=O) groups excluding carboxylic acids is 2. The van der Waals surface area contributed by atoms with E-state index >= 15 is 0 Å². The second kappa shape index (κ2) is 10.1. The molecule has 1 aliphatic heterocycles. The molecule has 3 amide bonds. The van der Waals surface area contributed by atoms with Crippen LogP contribution in [0.15, 0.2) is 78.9 Å². The number of methoxy groups -OCH3 is 1. The molecule has 0 aliphatic carbocycles. The molecule has 0 bridgehead atoms. The molecule has 170 valence electrons. The fourth-order valence-electron chi connectivity index (χ4n) is 3.94. The first-order chi connectivity index (χ1) is 16.1. The molecule has 0 unspecified atom stereocenters. The smallest absolute Gasteiger partial charge is 0.321 e. The van der Waals surface area contributed by atoms with E-state index in [0.29, 0.717) is 37.4 Å². The van der Waals surface area contributed by atoms with Crippen molar-refractivity contribution >= 4 is 29.0 Å². The van der Waals surface area contributed by atoms with Crippen molar-refractivity contribution in [2.45, 2.75) is 0 Å². The van der Waals surface area contributed by atoms with Gasteiger partial charge in [0.25, 0.3) is 5.91 Å². The van der Waals surface area contributed by atoms with Crippen molar-refractivity contribution in [2.75, 3.05) is 55.5 Å². The molecule has 7 nitrogen and oxygen atoms in total. The fourth-order valence-corrected chi connectivity index (χ4v) is 3.94. The van der Waals surface area contributed by atoms with Gasteiger partial charge in [-0.15, -0.1) is 0 Å². The number of anilines is 3. The lowest BCUT2D eigenvalue weighted by molar-refractivity contribution is 0.0993. The van der Waals surface area contributed by atoms with Crippen LogP contribution in [0.3, 0.4) is 0 Å². The van der Waals surface area contributed by atoms with Gasteiger partial charge in [0.15, 0.2) is 0 Å². The SMILES string of the molecule is COc1ccccc1N1CCN(C(=O)Nc2cccc(C(=O)N(C)c3ccccc3)c2)CC1. The molecule has 0 spiro atoms. The number of piperazine rings is 1. The summed E-state index contributed by atoms with van der Waals surface area (Å²) in [6, 6.07) is 24.2. The van der Waals surface area contributed by atoms with Gasteiger partial charge < -0.3 is 24.8 Å². The van der Waals surface area contributed by atoms with E-state index in [4.69, 9.17) is 4.74 Å². The summed E-state index contributed by atoms with van der Waals surface area (Å²) < 4.78 is 5.46. The van der Waals surface area contributed by atoms with Crippen LogP contribution < -0.4 is 19.9 Å². The Labute approximate surface area is 194 Å². The maximum absolute atomic E-state index is 12.9. The first kappa shape index (κ1) is 22.2. The van der Waals surface area contributed by atoms with Crippen LogP contribution in [0, 0.1) is 0 Å². The minimum atomic E-state index is -0.171. The maximum atomic E-state index is 12.9. The lowest BCUT2D eigenvalue weighted by Crippen LogP contribution is -2.50. The van der Waals surface area contributed by atoms with Gasteiger partial charge in [0.1, 0.15) is 5.75 Å². The minimum absolute atomic E-state index is 0.136. The lowest BCUT2D eigenvalue weighted by atomic mass is 10.1. The zero-order valence-electron chi connectivity index (χ0n) is 18.9. The van der Waals surface area contributed by atoms with Crippen LogP contribution in [-0.2, 0) is 0 Å². The highest BCUT2D eigenvalue weighted by molar-refractivity contribution is 6.06. The number of nitrogens with one attached hydrogen (secondary N) is 1. The molecule has 1 N–H and O–H groups in total. The zero-order valence-corrected chi connectivity index (χ0v) is 18.9. The summed E-state index contributed by atoms with van der Waals surface area (Å²) in [6.45, 7) is 2.63. The molecule has 4 rings (SSSR count). The quantitative estimate of drug-likeness (QED) is 0.636. The summed E-state index contributed by atoms with van der Waals surface area (Å²) in [4.78, 5) is 31.3. The molecule has 0 atom stereocenters. The third-order valence-electron chi connectivity index (χ3n) is 5.80. The van der Waals surface area contributed by atoms with Crippen LogP contribution in [0.4, 0.5) is 21.9 Å². The van der Waals surface area contributed by atoms with Crippen molar-refractivity contribution in [1.82, 2.24) is 4.90 Å². The third kappa shape index (κ3) is 5.09. The van der Waals surface area contributed by atoms with Crippen molar-refractivity contribution in [1.29, 1.82) is 0 Å². The number of benzene rings is 3. The van der Waals surface area contributed by atoms with E-state index in [0.717, 1.165) is 17.1 Å². The zero-order chi connectivity index (χ0) is 23.2. The van der Waals surface area contributed by atoms with Crippen LogP contribution in [0.5, 0.6) is 5.75 Å². The monoisotopic (exact) mass is 444 g/mol. The molecule has 33 heavy (non-hydrogen) atoms. The molecular weight excluding hydrogens is 416 g/mol. The van der Waals surface area contributed by atoms with Gasteiger partial charge in [0, 0.05) is 50.2 Å². The van der Waals surface area contributed by atoms with Gasteiger partial charge in [-0.1, -0.05) is 36.4 Å². The highest BCUT2D eigenvalue weighted by Gasteiger charge is 2.23. The Kier molecular flexibility index (Phi) is 6.78. The summed E-state index contributed by atoms with van der Waals surface area (Å²) in [5, 5.41) is 2.94. The van der Waals surface area contributed by atoms with Gasteiger partial charge in [0.05, 0.1) is 12.8 Å². The Morgan fingerprint density at radius 1 is 0.879 bits per heavy atom. The number of hydrogen-bond donors (Lipinski definition) is 1. The van der Waals surface area contributed by atoms with E-state index in [2.05, 4.69) is 10.2 Å². The van der Waals surface area contributed by atoms with Gasteiger partial charge in [-0.3, -0.25) is 4.79 Å². The van der Waals surface area contributed by atoms with Crippen LogP contribution in [0.1, 0.15) is 10.4 Å². The van der Waals surface area contributed by atoms with E-state index < -0.39 is 0 Å². The van der Waals surface area contributed by atoms with Crippen molar-refractivity contribution in [2.24, 2.45) is 0 Å². The third-order valence-corrected chi connectivity index (χ3v) is 5.80. The Hall–Kier alpha value is -4.00. The number of nitrogens with zero attached hydrogens (tertiary/aromatic N) is 3. The number of urea groups is 1. The van der Waals surface area contributed by atoms with Crippen molar-refractivity contribution in [3.8, 4) is 5.75 Å². The molecule has 7 heteroatoms.